The molecule has 3 heteroatoms. The summed E-state index contributed by atoms with van der Waals surface area (Å²) in [7, 11) is 0. The van der Waals surface area contributed by atoms with Crippen LogP contribution in [0.3, 0.4) is 0 Å². The molecule has 1 heterocycles. The van der Waals surface area contributed by atoms with Gasteiger partial charge in [0.05, 0.1) is 6.04 Å². The second-order valence-corrected chi connectivity index (χ2v) is 6.06. The lowest BCUT2D eigenvalue weighted by atomic mass is 9.94. The molecule has 3 nitrogen and oxygen atoms in total. The molecule has 1 aliphatic rings. The van der Waals surface area contributed by atoms with Crippen LogP contribution < -0.4 is 5.73 Å². The van der Waals surface area contributed by atoms with Crippen LogP contribution in [-0.2, 0) is 0 Å². The standard InChI is InChI=1S/C17H28N2O/c1-13-7-3-4-10-16(13)17(14(2)18)19-11-5-8-15(19)9-6-12-20/h3-4,7,10,14-15,17,20H,5-6,8-9,11-12,18H2,1-2H3. The second kappa shape index (κ2) is 7.21. The number of benzene rings is 1. The van der Waals surface area contributed by atoms with Crippen molar-refractivity contribution in [3.63, 3.8) is 0 Å². The van der Waals surface area contributed by atoms with Gasteiger partial charge in [0.2, 0.25) is 0 Å². The Morgan fingerprint density at radius 3 is 2.80 bits per heavy atom. The first-order chi connectivity index (χ1) is 9.65. The minimum absolute atomic E-state index is 0.117. The van der Waals surface area contributed by atoms with Gasteiger partial charge in [-0.05, 0) is 57.2 Å². The highest BCUT2D eigenvalue weighted by molar-refractivity contribution is 5.30. The molecule has 0 bridgehead atoms. The van der Waals surface area contributed by atoms with Crippen molar-refractivity contribution in [3.8, 4) is 0 Å². The molecular formula is C17H28N2O. The molecule has 1 aromatic carbocycles. The number of aliphatic hydroxyl groups is 1. The van der Waals surface area contributed by atoms with Gasteiger partial charge in [-0.15, -0.1) is 0 Å². The Hall–Kier alpha value is -0.900. The molecule has 1 fully saturated rings. The van der Waals surface area contributed by atoms with Crippen molar-refractivity contribution >= 4 is 0 Å². The van der Waals surface area contributed by atoms with Gasteiger partial charge < -0.3 is 10.8 Å². The lowest BCUT2D eigenvalue weighted by Gasteiger charge is -2.36. The van der Waals surface area contributed by atoms with Gasteiger partial charge in [0.15, 0.2) is 0 Å². The number of hydrogen-bond acceptors (Lipinski definition) is 3. The van der Waals surface area contributed by atoms with E-state index in [0.29, 0.717) is 12.1 Å². The number of aliphatic hydroxyl groups excluding tert-OH is 1. The van der Waals surface area contributed by atoms with E-state index in [2.05, 4.69) is 43.0 Å². The number of likely N-dealkylation sites (tertiary alicyclic amines) is 1. The topological polar surface area (TPSA) is 49.5 Å². The van der Waals surface area contributed by atoms with Crippen LogP contribution in [0.2, 0.25) is 0 Å². The van der Waals surface area contributed by atoms with Crippen molar-refractivity contribution in [2.24, 2.45) is 5.73 Å². The lowest BCUT2D eigenvalue weighted by Crippen LogP contribution is -2.42. The lowest BCUT2D eigenvalue weighted by molar-refractivity contribution is 0.145. The molecule has 3 N–H and O–H groups in total. The number of rotatable bonds is 6. The van der Waals surface area contributed by atoms with E-state index in [4.69, 9.17) is 10.8 Å². The van der Waals surface area contributed by atoms with Crippen molar-refractivity contribution in [1.82, 2.24) is 4.90 Å². The van der Waals surface area contributed by atoms with Crippen LogP contribution in [-0.4, -0.2) is 35.2 Å². The maximum absolute atomic E-state index is 9.08. The maximum Gasteiger partial charge on any atom is 0.0501 e. The molecule has 2 rings (SSSR count). The Morgan fingerprint density at radius 1 is 1.40 bits per heavy atom. The highest BCUT2D eigenvalue weighted by Crippen LogP contribution is 2.34. The minimum Gasteiger partial charge on any atom is -0.396 e. The summed E-state index contributed by atoms with van der Waals surface area (Å²) in [4.78, 5) is 2.57. The van der Waals surface area contributed by atoms with Gasteiger partial charge in [-0.25, -0.2) is 0 Å². The maximum atomic E-state index is 9.08. The SMILES string of the molecule is Cc1ccccc1C(C(C)N)N1CCCC1CCCO. The Morgan fingerprint density at radius 2 is 2.15 bits per heavy atom. The summed E-state index contributed by atoms with van der Waals surface area (Å²) in [5, 5.41) is 9.08. The van der Waals surface area contributed by atoms with Crippen LogP contribution in [0.1, 0.15) is 49.8 Å². The largest absolute Gasteiger partial charge is 0.396 e. The molecule has 0 saturated carbocycles. The van der Waals surface area contributed by atoms with Gasteiger partial charge in [-0.3, -0.25) is 4.90 Å². The molecule has 0 aliphatic carbocycles. The van der Waals surface area contributed by atoms with Crippen LogP contribution >= 0.6 is 0 Å². The van der Waals surface area contributed by atoms with Crippen molar-refractivity contribution in [2.45, 2.75) is 57.7 Å². The summed E-state index contributed by atoms with van der Waals surface area (Å²) in [5.74, 6) is 0. The van der Waals surface area contributed by atoms with Crippen LogP contribution in [0, 0.1) is 6.92 Å². The quantitative estimate of drug-likeness (QED) is 0.839. The van der Waals surface area contributed by atoms with Gasteiger partial charge in [0.25, 0.3) is 0 Å². The van der Waals surface area contributed by atoms with Crippen molar-refractivity contribution in [1.29, 1.82) is 0 Å². The van der Waals surface area contributed by atoms with E-state index in [0.717, 1.165) is 19.4 Å². The van der Waals surface area contributed by atoms with Gasteiger partial charge in [-0.2, -0.15) is 0 Å². The molecule has 1 aliphatic heterocycles. The monoisotopic (exact) mass is 276 g/mol. The fraction of sp³-hybridized carbons (Fsp3) is 0.647. The van der Waals surface area contributed by atoms with Crippen LogP contribution in [0.15, 0.2) is 24.3 Å². The molecule has 0 amide bonds. The number of hydrogen-bond donors (Lipinski definition) is 2. The van der Waals surface area contributed by atoms with Crippen LogP contribution in [0.5, 0.6) is 0 Å². The summed E-state index contributed by atoms with van der Waals surface area (Å²) >= 11 is 0. The molecule has 3 unspecified atom stereocenters. The Labute approximate surface area is 122 Å². The molecule has 0 aromatic heterocycles. The second-order valence-electron chi connectivity index (χ2n) is 6.06. The van der Waals surface area contributed by atoms with E-state index in [1.54, 1.807) is 0 Å². The van der Waals surface area contributed by atoms with Crippen molar-refractivity contribution < 1.29 is 5.11 Å². The predicted octanol–water partition coefficient (Wildman–Crippen LogP) is 2.62. The summed E-state index contributed by atoms with van der Waals surface area (Å²) in [5.41, 5.74) is 9.00. The summed E-state index contributed by atoms with van der Waals surface area (Å²) in [6.45, 7) is 5.69. The smallest absolute Gasteiger partial charge is 0.0501 e. The average molecular weight is 276 g/mol. The third-order valence-corrected chi connectivity index (χ3v) is 4.48. The molecule has 1 aromatic rings. The van der Waals surface area contributed by atoms with E-state index >= 15 is 0 Å². The third-order valence-electron chi connectivity index (χ3n) is 4.48. The normalized spacial score (nSPS) is 22.9. The Balaban J connectivity index is 2.22. The van der Waals surface area contributed by atoms with Gasteiger partial charge >= 0.3 is 0 Å². The molecule has 3 atom stereocenters. The molecule has 20 heavy (non-hydrogen) atoms. The zero-order valence-corrected chi connectivity index (χ0v) is 12.8. The number of aryl methyl sites for hydroxylation is 1. The van der Waals surface area contributed by atoms with Crippen LogP contribution in [0.4, 0.5) is 0 Å². The first-order valence-corrected chi connectivity index (χ1v) is 7.83. The Bertz CT molecular complexity index is 419. The van der Waals surface area contributed by atoms with E-state index < -0.39 is 0 Å². The van der Waals surface area contributed by atoms with E-state index in [9.17, 15) is 0 Å². The fourth-order valence-corrected chi connectivity index (χ4v) is 3.54. The molecule has 112 valence electrons. The van der Waals surface area contributed by atoms with Crippen LogP contribution in [0.25, 0.3) is 0 Å². The molecule has 0 radical (unpaired) electrons. The van der Waals surface area contributed by atoms with Gasteiger partial charge in [0.1, 0.15) is 0 Å². The predicted molar refractivity (Wildman–Crippen MR) is 83.6 cm³/mol. The molecule has 0 spiro atoms. The first-order valence-electron chi connectivity index (χ1n) is 7.83. The van der Waals surface area contributed by atoms with Gasteiger partial charge in [0, 0.05) is 18.7 Å². The first kappa shape index (κ1) is 15.5. The molecule has 1 saturated heterocycles. The van der Waals surface area contributed by atoms with Crippen molar-refractivity contribution in [3.05, 3.63) is 35.4 Å². The van der Waals surface area contributed by atoms with E-state index in [1.807, 2.05) is 0 Å². The summed E-state index contributed by atoms with van der Waals surface area (Å²) in [6.07, 6.45) is 4.44. The van der Waals surface area contributed by atoms with Crippen molar-refractivity contribution in [2.75, 3.05) is 13.2 Å². The highest BCUT2D eigenvalue weighted by atomic mass is 16.2. The van der Waals surface area contributed by atoms with E-state index in [-0.39, 0.29) is 12.6 Å². The summed E-state index contributed by atoms with van der Waals surface area (Å²) in [6, 6.07) is 9.56. The fourth-order valence-electron chi connectivity index (χ4n) is 3.54. The number of nitrogens with zero attached hydrogens (tertiary/aromatic N) is 1. The minimum atomic E-state index is 0.117. The molecular weight excluding hydrogens is 248 g/mol. The zero-order valence-electron chi connectivity index (χ0n) is 12.8. The third kappa shape index (κ3) is 3.40. The number of nitrogens with two attached hydrogens (primary N) is 1. The average Bonchev–Trinajstić information content (AvgIpc) is 2.87. The Kier molecular flexibility index (Phi) is 5.58. The summed E-state index contributed by atoms with van der Waals surface area (Å²) < 4.78 is 0. The zero-order chi connectivity index (χ0) is 14.5. The highest BCUT2D eigenvalue weighted by Gasteiger charge is 2.33. The van der Waals surface area contributed by atoms with Gasteiger partial charge in [-0.1, -0.05) is 24.3 Å². The van der Waals surface area contributed by atoms with E-state index in [1.165, 1.54) is 24.0 Å².